The van der Waals surface area contributed by atoms with Gasteiger partial charge in [0.1, 0.15) is 0 Å². The monoisotopic (exact) mass is 274 g/mol. The van der Waals surface area contributed by atoms with Crippen LogP contribution in [0.1, 0.15) is 62.3 Å². The predicted octanol–water partition coefficient (Wildman–Crippen LogP) is 2.86. The van der Waals surface area contributed by atoms with Gasteiger partial charge in [0.05, 0.1) is 6.54 Å². The molecule has 0 aromatic carbocycles. The van der Waals surface area contributed by atoms with Gasteiger partial charge < -0.3 is 14.4 Å². The molecule has 20 heavy (non-hydrogen) atoms. The van der Waals surface area contributed by atoms with Gasteiger partial charge in [0.2, 0.25) is 5.89 Å². The zero-order valence-electron chi connectivity index (χ0n) is 12.2. The fraction of sp³-hybridized carbons (Fsp3) is 0.600. The summed E-state index contributed by atoms with van der Waals surface area (Å²) in [6.07, 6.45) is 7.76. The van der Waals surface area contributed by atoms with Gasteiger partial charge in [-0.25, -0.2) is 0 Å². The molecule has 0 spiro atoms. The lowest BCUT2D eigenvalue weighted by atomic mass is 10.2. The zero-order valence-corrected chi connectivity index (χ0v) is 12.2. The van der Waals surface area contributed by atoms with Crippen molar-refractivity contribution in [3.05, 3.63) is 35.7 Å². The summed E-state index contributed by atoms with van der Waals surface area (Å²) in [5, 5.41) is 7.54. The maximum Gasteiger partial charge on any atom is 0.229 e. The molecule has 1 aliphatic carbocycles. The molecule has 5 heteroatoms. The van der Waals surface area contributed by atoms with E-state index in [0.29, 0.717) is 18.5 Å². The summed E-state index contributed by atoms with van der Waals surface area (Å²) in [5.74, 6) is 2.10. The van der Waals surface area contributed by atoms with Gasteiger partial charge in [0.15, 0.2) is 5.82 Å². The minimum Gasteiger partial charge on any atom is -0.346 e. The van der Waals surface area contributed by atoms with E-state index in [4.69, 9.17) is 4.52 Å². The predicted molar refractivity (Wildman–Crippen MR) is 76.5 cm³/mol. The van der Waals surface area contributed by atoms with Crippen LogP contribution in [0.4, 0.5) is 0 Å². The van der Waals surface area contributed by atoms with E-state index >= 15 is 0 Å². The number of rotatable bonds is 7. The lowest BCUT2D eigenvalue weighted by molar-refractivity contribution is 0.373. The number of hydrogen-bond acceptors (Lipinski definition) is 4. The van der Waals surface area contributed by atoms with Crippen molar-refractivity contribution in [2.24, 2.45) is 0 Å². The van der Waals surface area contributed by atoms with Crippen LogP contribution in [-0.2, 0) is 6.54 Å². The van der Waals surface area contributed by atoms with E-state index in [-0.39, 0.29) is 0 Å². The third kappa shape index (κ3) is 3.10. The van der Waals surface area contributed by atoms with E-state index < -0.39 is 0 Å². The molecule has 0 bridgehead atoms. The van der Waals surface area contributed by atoms with E-state index in [0.717, 1.165) is 24.7 Å². The maximum absolute atomic E-state index is 5.28. The van der Waals surface area contributed by atoms with Crippen molar-refractivity contribution < 1.29 is 4.52 Å². The first-order valence-electron chi connectivity index (χ1n) is 7.47. The lowest BCUT2D eigenvalue weighted by Crippen LogP contribution is -2.18. The minimum atomic E-state index is 0.378. The van der Waals surface area contributed by atoms with Gasteiger partial charge in [-0.3, -0.25) is 0 Å². The van der Waals surface area contributed by atoms with Crippen molar-refractivity contribution in [3.63, 3.8) is 0 Å². The Morgan fingerprint density at radius 2 is 2.35 bits per heavy atom. The molecule has 1 aliphatic rings. The third-order valence-corrected chi connectivity index (χ3v) is 3.71. The minimum absolute atomic E-state index is 0.378. The Morgan fingerprint density at radius 1 is 1.50 bits per heavy atom. The molecule has 108 valence electrons. The third-order valence-electron chi connectivity index (χ3n) is 3.71. The van der Waals surface area contributed by atoms with E-state index in [2.05, 4.69) is 52.3 Å². The summed E-state index contributed by atoms with van der Waals surface area (Å²) in [6, 6.07) is 2.53. The molecular formula is C15H22N4O. The van der Waals surface area contributed by atoms with Gasteiger partial charge in [0, 0.05) is 24.4 Å². The molecule has 0 saturated heterocycles. The Hall–Kier alpha value is -1.62. The Kier molecular flexibility index (Phi) is 3.87. The SMILES string of the molecule is CCCNC(C)c1ccn(Cc2noc(C3CC3)n2)c1. The molecule has 0 amide bonds. The summed E-state index contributed by atoms with van der Waals surface area (Å²) in [6.45, 7) is 6.09. The first-order valence-corrected chi connectivity index (χ1v) is 7.47. The van der Waals surface area contributed by atoms with Gasteiger partial charge >= 0.3 is 0 Å². The van der Waals surface area contributed by atoms with Gasteiger partial charge in [-0.1, -0.05) is 12.1 Å². The van der Waals surface area contributed by atoms with E-state index in [1.165, 1.54) is 18.4 Å². The molecule has 5 nitrogen and oxygen atoms in total. The molecule has 1 saturated carbocycles. The van der Waals surface area contributed by atoms with Gasteiger partial charge in [-0.05, 0) is 44.4 Å². The number of aromatic nitrogens is 3. The topological polar surface area (TPSA) is 55.9 Å². The molecule has 0 radical (unpaired) electrons. The van der Waals surface area contributed by atoms with Crippen molar-refractivity contribution in [3.8, 4) is 0 Å². The van der Waals surface area contributed by atoms with Crippen LogP contribution in [0.5, 0.6) is 0 Å². The van der Waals surface area contributed by atoms with Crippen molar-refractivity contribution >= 4 is 0 Å². The van der Waals surface area contributed by atoms with Crippen molar-refractivity contribution in [2.45, 2.75) is 51.6 Å². The number of nitrogens with one attached hydrogen (secondary N) is 1. The molecule has 2 aromatic rings. The normalized spacial score (nSPS) is 16.5. The maximum atomic E-state index is 5.28. The zero-order chi connectivity index (χ0) is 13.9. The van der Waals surface area contributed by atoms with Gasteiger partial charge in [-0.2, -0.15) is 4.98 Å². The van der Waals surface area contributed by atoms with Crippen LogP contribution in [0, 0.1) is 0 Å². The van der Waals surface area contributed by atoms with Crippen molar-refractivity contribution in [1.29, 1.82) is 0 Å². The van der Waals surface area contributed by atoms with Crippen LogP contribution in [0.25, 0.3) is 0 Å². The molecule has 1 N–H and O–H groups in total. The van der Waals surface area contributed by atoms with E-state index in [1.54, 1.807) is 0 Å². The molecule has 1 atom stereocenters. The molecule has 3 rings (SSSR count). The highest BCUT2D eigenvalue weighted by Gasteiger charge is 2.29. The molecule has 2 aromatic heterocycles. The quantitative estimate of drug-likeness (QED) is 0.843. The lowest BCUT2D eigenvalue weighted by Gasteiger charge is -2.10. The second kappa shape index (κ2) is 5.79. The summed E-state index contributed by atoms with van der Waals surface area (Å²) >= 11 is 0. The molecule has 2 heterocycles. The van der Waals surface area contributed by atoms with Crippen LogP contribution in [-0.4, -0.2) is 21.3 Å². The van der Waals surface area contributed by atoms with Crippen molar-refractivity contribution in [1.82, 2.24) is 20.0 Å². The van der Waals surface area contributed by atoms with E-state index in [1.807, 2.05) is 0 Å². The fourth-order valence-electron chi connectivity index (χ4n) is 2.28. The Bertz CT molecular complexity index is 556. The number of hydrogen-bond donors (Lipinski definition) is 1. The summed E-state index contributed by atoms with van der Waals surface area (Å²) in [4.78, 5) is 4.46. The fourth-order valence-corrected chi connectivity index (χ4v) is 2.28. The summed E-state index contributed by atoms with van der Waals surface area (Å²) in [7, 11) is 0. The Balaban J connectivity index is 1.60. The standard InChI is InChI=1S/C15H22N4O/c1-3-7-16-11(2)13-6-8-19(9-13)10-14-17-15(20-18-14)12-4-5-12/h6,8-9,11-12,16H,3-5,7,10H2,1-2H3. The van der Waals surface area contributed by atoms with Crippen LogP contribution in [0.2, 0.25) is 0 Å². The summed E-state index contributed by atoms with van der Waals surface area (Å²) in [5.41, 5.74) is 1.30. The Labute approximate surface area is 119 Å². The first-order chi connectivity index (χ1) is 9.76. The smallest absolute Gasteiger partial charge is 0.229 e. The van der Waals surface area contributed by atoms with Crippen LogP contribution in [0.15, 0.2) is 23.0 Å². The van der Waals surface area contributed by atoms with Crippen LogP contribution < -0.4 is 5.32 Å². The van der Waals surface area contributed by atoms with Crippen LogP contribution >= 0.6 is 0 Å². The van der Waals surface area contributed by atoms with Gasteiger partial charge in [0.25, 0.3) is 0 Å². The first kappa shape index (κ1) is 13.4. The molecule has 1 fully saturated rings. The summed E-state index contributed by atoms with van der Waals surface area (Å²) < 4.78 is 7.39. The molecule has 0 aliphatic heterocycles. The molecule has 1 unspecified atom stereocenters. The number of nitrogens with zero attached hydrogens (tertiary/aromatic N) is 3. The van der Waals surface area contributed by atoms with Gasteiger partial charge in [-0.15, -0.1) is 0 Å². The average Bonchev–Trinajstić information content (AvgIpc) is 3.02. The van der Waals surface area contributed by atoms with Crippen LogP contribution in [0.3, 0.4) is 0 Å². The highest BCUT2D eigenvalue weighted by molar-refractivity contribution is 5.15. The van der Waals surface area contributed by atoms with Crippen molar-refractivity contribution in [2.75, 3.05) is 6.54 Å². The highest BCUT2D eigenvalue weighted by atomic mass is 16.5. The Morgan fingerprint density at radius 3 is 3.10 bits per heavy atom. The molecular weight excluding hydrogens is 252 g/mol. The average molecular weight is 274 g/mol. The second-order valence-corrected chi connectivity index (χ2v) is 5.62. The second-order valence-electron chi connectivity index (χ2n) is 5.62. The highest BCUT2D eigenvalue weighted by Crippen LogP contribution is 2.38. The van der Waals surface area contributed by atoms with E-state index in [9.17, 15) is 0 Å². The largest absolute Gasteiger partial charge is 0.346 e.